The number of ether oxygens (including phenoxy) is 1. The summed E-state index contributed by atoms with van der Waals surface area (Å²) in [5.41, 5.74) is 2.30. The second-order valence-electron chi connectivity index (χ2n) is 6.00. The number of carbonyl (C=O) groups is 1. The molecule has 1 aromatic heterocycles. The van der Waals surface area contributed by atoms with Crippen LogP contribution < -0.4 is 0 Å². The predicted octanol–water partition coefficient (Wildman–Crippen LogP) is 1.55. The normalized spacial score (nSPS) is 15.9. The summed E-state index contributed by atoms with van der Waals surface area (Å²) in [6.07, 6.45) is 1.67. The summed E-state index contributed by atoms with van der Waals surface area (Å²) in [6.45, 7) is 3.20. The molecular weight excluding hydrogens is 372 g/mol. The van der Waals surface area contributed by atoms with Gasteiger partial charge in [-0.2, -0.15) is 13.4 Å². The number of carbonyl (C=O) groups excluding carboxylic acids is 1. The fourth-order valence-electron chi connectivity index (χ4n) is 2.43. The zero-order valence-corrected chi connectivity index (χ0v) is 15.9. The molecule has 9 nitrogen and oxygen atoms in total. The Bertz CT molecular complexity index is 1040. The third-order valence-corrected chi connectivity index (χ3v) is 5.32. The molecule has 27 heavy (non-hydrogen) atoms. The SMILES string of the molecule is CC1=NS(=O)(=O)N(C)C=C1C(=O)OCc1nc(Cc2ccccc2C)no1. The maximum Gasteiger partial charge on any atom is 0.344 e. The summed E-state index contributed by atoms with van der Waals surface area (Å²) >= 11 is 0. The number of aromatic nitrogens is 2. The molecule has 1 aliphatic rings. The first-order valence-electron chi connectivity index (χ1n) is 8.06. The van der Waals surface area contributed by atoms with E-state index >= 15 is 0 Å². The molecule has 2 aromatic rings. The maximum atomic E-state index is 12.2. The molecule has 0 bridgehead atoms. The molecule has 0 atom stereocenters. The van der Waals surface area contributed by atoms with Crippen LogP contribution in [0.2, 0.25) is 0 Å². The highest BCUT2D eigenvalue weighted by molar-refractivity contribution is 7.88. The van der Waals surface area contributed by atoms with E-state index in [2.05, 4.69) is 14.5 Å². The molecule has 0 spiro atoms. The highest BCUT2D eigenvalue weighted by atomic mass is 32.2. The molecule has 0 N–H and O–H groups in total. The predicted molar refractivity (Wildman–Crippen MR) is 96.0 cm³/mol. The van der Waals surface area contributed by atoms with Gasteiger partial charge < -0.3 is 9.26 Å². The lowest BCUT2D eigenvalue weighted by atomic mass is 10.1. The smallest absolute Gasteiger partial charge is 0.344 e. The Balaban J connectivity index is 1.63. The molecule has 0 saturated heterocycles. The molecule has 10 heteroatoms. The van der Waals surface area contributed by atoms with Crippen LogP contribution in [0.25, 0.3) is 0 Å². The van der Waals surface area contributed by atoms with E-state index in [0.29, 0.717) is 12.2 Å². The van der Waals surface area contributed by atoms with E-state index in [0.717, 1.165) is 21.6 Å². The lowest BCUT2D eigenvalue weighted by Crippen LogP contribution is -2.29. The number of benzene rings is 1. The summed E-state index contributed by atoms with van der Waals surface area (Å²) in [5, 5.41) is 3.89. The lowest BCUT2D eigenvalue weighted by Gasteiger charge is -2.18. The minimum Gasteiger partial charge on any atom is -0.452 e. The molecule has 2 heterocycles. The molecule has 0 amide bonds. The standard InChI is InChI=1S/C17H18N4O5S/c1-11-6-4-5-7-13(11)8-15-18-16(26-19-15)10-25-17(22)14-9-21(3)27(23,24)20-12(14)2/h4-7,9H,8,10H2,1-3H3. The molecule has 0 unspecified atom stereocenters. The lowest BCUT2D eigenvalue weighted by molar-refractivity contribution is -0.140. The van der Waals surface area contributed by atoms with Gasteiger partial charge in [0.25, 0.3) is 5.89 Å². The molecule has 1 aliphatic heterocycles. The summed E-state index contributed by atoms with van der Waals surface area (Å²) in [4.78, 5) is 16.4. The van der Waals surface area contributed by atoms with Crippen molar-refractivity contribution >= 4 is 21.9 Å². The minimum absolute atomic E-state index is 0.0481. The molecule has 0 saturated carbocycles. The van der Waals surface area contributed by atoms with Crippen molar-refractivity contribution in [2.45, 2.75) is 26.9 Å². The molecular formula is C17H18N4O5S. The molecule has 0 fully saturated rings. The van der Waals surface area contributed by atoms with E-state index in [1.54, 1.807) is 0 Å². The highest BCUT2D eigenvalue weighted by Gasteiger charge is 2.26. The van der Waals surface area contributed by atoms with Gasteiger partial charge in [-0.1, -0.05) is 29.4 Å². The third-order valence-electron chi connectivity index (χ3n) is 3.98. The van der Waals surface area contributed by atoms with E-state index in [9.17, 15) is 13.2 Å². The summed E-state index contributed by atoms with van der Waals surface area (Å²) in [7, 11) is -2.49. The molecule has 3 rings (SSSR count). The van der Waals surface area contributed by atoms with E-state index < -0.39 is 16.2 Å². The van der Waals surface area contributed by atoms with Crippen molar-refractivity contribution in [1.82, 2.24) is 14.4 Å². The first-order chi connectivity index (χ1) is 12.8. The Morgan fingerprint density at radius 3 is 2.74 bits per heavy atom. The summed E-state index contributed by atoms with van der Waals surface area (Å²) < 4.78 is 37.8. The third kappa shape index (κ3) is 4.22. The quantitative estimate of drug-likeness (QED) is 0.711. The highest BCUT2D eigenvalue weighted by Crippen LogP contribution is 2.16. The fraction of sp³-hybridized carbons (Fsp3) is 0.294. The van der Waals surface area contributed by atoms with Gasteiger partial charge in [0.2, 0.25) is 0 Å². The number of nitrogens with zero attached hydrogens (tertiary/aromatic N) is 4. The fourth-order valence-corrected chi connectivity index (χ4v) is 3.25. The average Bonchev–Trinajstić information content (AvgIpc) is 3.05. The molecule has 0 aliphatic carbocycles. The summed E-state index contributed by atoms with van der Waals surface area (Å²) in [6, 6.07) is 7.86. The number of rotatable bonds is 5. The van der Waals surface area contributed by atoms with Gasteiger partial charge in [0.15, 0.2) is 12.4 Å². The zero-order chi connectivity index (χ0) is 19.6. The summed E-state index contributed by atoms with van der Waals surface area (Å²) in [5.74, 6) is -0.0913. The number of esters is 1. The van der Waals surface area contributed by atoms with Crippen LogP contribution in [0, 0.1) is 6.92 Å². The second kappa shape index (κ2) is 7.31. The van der Waals surface area contributed by atoms with Gasteiger partial charge in [-0.3, -0.25) is 4.31 Å². The van der Waals surface area contributed by atoms with Crippen molar-refractivity contribution in [3.8, 4) is 0 Å². The van der Waals surface area contributed by atoms with Crippen molar-refractivity contribution in [2.24, 2.45) is 4.40 Å². The van der Waals surface area contributed by atoms with Crippen LogP contribution in [-0.2, 0) is 32.8 Å². The Morgan fingerprint density at radius 1 is 1.26 bits per heavy atom. The van der Waals surface area contributed by atoms with Crippen molar-refractivity contribution in [3.05, 3.63) is 58.9 Å². The molecule has 0 radical (unpaired) electrons. The first-order valence-corrected chi connectivity index (χ1v) is 9.46. The van der Waals surface area contributed by atoms with Crippen LogP contribution in [0.1, 0.15) is 29.8 Å². The van der Waals surface area contributed by atoms with Crippen LogP contribution in [0.5, 0.6) is 0 Å². The van der Waals surface area contributed by atoms with Gasteiger partial charge in [0.1, 0.15) is 0 Å². The van der Waals surface area contributed by atoms with Gasteiger partial charge in [-0.15, -0.1) is 4.40 Å². The van der Waals surface area contributed by atoms with Crippen LogP contribution in [-0.4, -0.2) is 41.6 Å². The Hall–Kier alpha value is -3.01. The van der Waals surface area contributed by atoms with Gasteiger partial charge in [0, 0.05) is 19.7 Å². The number of hydrogen-bond acceptors (Lipinski definition) is 7. The largest absolute Gasteiger partial charge is 0.452 e. The average molecular weight is 390 g/mol. The molecule has 1 aromatic carbocycles. The van der Waals surface area contributed by atoms with Gasteiger partial charge in [-0.05, 0) is 25.0 Å². The van der Waals surface area contributed by atoms with E-state index in [1.807, 2.05) is 31.2 Å². The van der Waals surface area contributed by atoms with Crippen LogP contribution in [0.4, 0.5) is 0 Å². The minimum atomic E-state index is -3.78. The maximum absolute atomic E-state index is 12.2. The van der Waals surface area contributed by atoms with Gasteiger partial charge in [-0.25, -0.2) is 4.79 Å². The Morgan fingerprint density at radius 2 is 2.00 bits per heavy atom. The van der Waals surface area contributed by atoms with E-state index in [-0.39, 0.29) is 23.8 Å². The van der Waals surface area contributed by atoms with Gasteiger partial charge in [0.05, 0.1) is 11.3 Å². The van der Waals surface area contributed by atoms with Crippen LogP contribution in [0.15, 0.2) is 45.0 Å². The Kier molecular flexibility index (Phi) is 5.08. The number of hydrogen-bond donors (Lipinski definition) is 0. The number of aryl methyl sites for hydroxylation is 1. The molecule has 142 valence electrons. The second-order valence-corrected chi connectivity index (χ2v) is 7.65. The van der Waals surface area contributed by atoms with Crippen molar-refractivity contribution in [3.63, 3.8) is 0 Å². The Labute approximate surface area is 156 Å². The van der Waals surface area contributed by atoms with Crippen LogP contribution in [0.3, 0.4) is 0 Å². The van der Waals surface area contributed by atoms with Crippen LogP contribution >= 0.6 is 0 Å². The van der Waals surface area contributed by atoms with E-state index in [4.69, 9.17) is 9.26 Å². The van der Waals surface area contributed by atoms with E-state index in [1.165, 1.54) is 14.0 Å². The van der Waals surface area contributed by atoms with Crippen molar-refractivity contribution < 1.29 is 22.5 Å². The first kappa shape index (κ1) is 18.8. The zero-order valence-electron chi connectivity index (χ0n) is 15.0. The topological polar surface area (TPSA) is 115 Å². The van der Waals surface area contributed by atoms with Gasteiger partial charge >= 0.3 is 16.2 Å². The van der Waals surface area contributed by atoms with Crippen molar-refractivity contribution in [2.75, 3.05) is 7.05 Å². The monoisotopic (exact) mass is 390 g/mol. The van der Waals surface area contributed by atoms with Crippen molar-refractivity contribution in [1.29, 1.82) is 0 Å².